The molecule has 3 fully saturated rings. The number of rotatable bonds is 2. The van der Waals surface area contributed by atoms with Crippen molar-refractivity contribution in [1.29, 1.82) is 0 Å². The Kier molecular flexibility index (Phi) is 5.39. The molecule has 4 aliphatic rings. The van der Waals surface area contributed by atoms with Gasteiger partial charge in [0.05, 0.1) is 5.69 Å². The third kappa shape index (κ3) is 3.35. The molecule has 1 aromatic carbocycles. The van der Waals surface area contributed by atoms with Crippen molar-refractivity contribution in [2.24, 2.45) is 34.5 Å². The highest BCUT2D eigenvalue weighted by Gasteiger charge is 2.62. The van der Waals surface area contributed by atoms with Crippen LogP contribution in [0.5, 0.6) is 0 Å². The molecule has 7 atom stereocenters. The molecule has 7 heteroatoms. The fourth-order valence-corrected chi connectivity index (χ4v) is 8.23. The lowest BCUT2D eigenvalue weighted by Gasteiger charge is -2.60. The van der Waals surface area contributed by atoms with E-state index >= 15 is 0 Å². The molecule has 0 bridgehead atoms. The average molecular weight is 477 g/mol. The zero-order chi connectivity index (χ0) is 23.7. The zero-order valence-electron chi connectivity index (χ0n) is 19.3. The fraction of sp³-hybridized carbons (Fsp3) is 0.615. The van der Waals surface area contributed by atoms with Crippen molar-refractivity contribution in [3.05, 3.63) is 40.9 Å². The zero-order valence-corrected chi connectivity index (χ0v) is 20.1. The predicted octanol–water partition coefficient (Wildman–Crippen LogP) is 5.97. The Morgan fingerprint density at radius 2 is 1.88 bits per heavy atom. The molecule has 0 spiro atoms. The smallest absolute Gasteiger partial charge is 0.282 e. The Morgan fingerprint density at radius 1 is 1.12 bits per heavy atom. The molecule has 2 unspecified atom stereocenters. The first-order valence-corrected chi connectivity index (χ1v) is 12.4. The molecule has 1 aromatic rings. The number of amides is 2. The first kappa shape index (κ1) is 22.8. The highest BCUT2D eigenvalue weighted by atomic mass is 35.5. The van der Waals surface area contributed by atoms with Crippen molar-refractivity contribution < 1.29 is 18.4 Å². The van der Waals surface area contributed by atoms with Crippen molar-refractivity contribution in [3.63, 3.8) is 0 Å². The molecule has 2 amide bonds. The quantitative estimate of drug-likeness (QED) is 0.571. The lowest BCUT2D eigenvalue weighted by atomic mass is 9.47. The van der Waals surface area contributed by atoms with Crippen LogP contribution in [0, 0.1) is 40.3 Å². The van der Waals surface area contributed by atoms with Crippen molar-refractivity contribution in [2.75, 3.05) is 12.4 Å². The minimum Gasteiger partial charge on any atom is -0.336 e. The van der Waals surface area contributed by atoms with E-state index in [9.17, 15) is 18.4 Å². The summed E-state index contributed by atoms with van der Waals surface area (Å²) in [6.07, 6.45) is 6.92. The van der Waals surface area contributed by atoms with E-state index in [1.807, 2.05) is 0 Å². The predicted molar refractivity (Wildman–Crippen MR) is 124 cm³/mol. The van der Waals surface area contributed by atoms with Crippen molar-refractivity contribution in [2.45, 2.75) is 58.4 Å². The lowest BCUT2D eigenvalue weighted by molar-refractivity contribution is -0.144. The van der Waals surface area contributed by atoms with Crippen LogP contribution in [0.2, 0.25) is 5.02 Å². The number of hydrogen-bond donors (Lipinski definition) is 1. The van der Waals surface area contributed by atoms with Crippen LogP contribution in [0.4, 0.5) is 14.5 Å². The standard InChI is InChI=1S/C26H31ClF2N2O2/c1-25-11-10-17-15(5-9-22-26(17,2)13-20(29)24(33)31(22)3)16(25)6-7-18(25)23(32)30-21-8-4-14(27)12-19(21)28/h4,8,12-13,15-18,22H,5-7,9-11H2,1-3H3,(H,30,32)/t15?,16-,17?,18+,22+,25-,26+/m0/s1. The Hall–Kier alpha value is -1.95. The summed E-state index contributed by atoms with van der Waals surface area (Å²) in [4.78, 5) is 27.1. The third-order valence-electron chi connectivity index (χ3n) is 9.66. The maximum atomic E-state index is 14.6. The highest BCUT2D eigenvalue weighted by Crippen LogP contribution is 2.65. The summed E-state index contributed by atoms with van der Waals surface area (Å²) in [5.41, 5.74) is -0.395. The number of halogens is 3. The van der Waals surface area contributed by atoms with E-state index in [-0.39, 0.29) is 40.3 Å². The second-order valence-corrected chi connectivity index (χ2v) is 11.5. The average Bonchev–Trinajstić information content (AvgIpc) is 3.11. The normalized spacial score (nSPS) is 39.9. The minimum absolute atomic E-state index is 0.0171. The molecule has 0 aromatic heterocycles. The second kappa shape index (κ2) is 7.79. The summed E-state index contributed by atoms with van der Waals surface area (Å²) >= 11 is 5.84. The van der Waals surface area contributed by atoms with Gasteiger partial charge in [-0.2, -0.15) is 0 Å². The van der Waals surface area contributed by atoms with Gasteiger partial charge in [-0.05, 0) is 86.0 Å². The van der Waals surface area contributed by atoms with Crippen LogP contribution in [0.1, 0.15) is 52.4 Å². The molecule has 5 rings (SSSR count). The molecule has 3 saturated carbocycles. The molecule has 1 N–H and O–H groups in total. The van der Waals surface area contributed by atoms with Gasteiger partial charge in [-0.1, -0.05) is 25.4 Å². The molecule has 178 valence electrons. The van der Waals surface area contributed by atoms with Crippen molar-refractivity contribution >= 4 is 29.1 Å². The number of nitrogens with zero attached hydrogens (tertiary/aromatic N) is 1. The third-order valence-corrected chi connectivity index (χ3v) is 9.90. The monoisotopic (exact) mass is 476 g/mol. The number of carbonyl (C=O) groups excluding carboxylic acids is 2. The summed E-state index contributed by atoms with van der Waals surface area (Å²) < 4.78 is 28.8. The van der Waals surface area contributed by atoms with E-state index in [1.165, 1.54) is 12.1 Å². The van der Waals surface area contributed by atoms with E-state index < -0.39 is 17.6 Å². The van der Waals surface area contributed by atoms with E-state index in [0.29, 0.717) is 16.9 Å². The van der Waals surface area contributed by atoms with Gasteiger partial charge in [-0.25, -0.2) is 8.78 Å². The topological polar surface area (TPSA) is 49.4 Å². The van der Waals surface area contributed by atoms with Crippen LogP contribution >= 0.6 is 11.6 Å². The van der Waals surface area contributed by atoms with Gasteiger partial charge in [0.25, 0.3) is 5.91 Å². The molecular weight excluding hydrogens is 446 g/mol. The number of benzene rings is 1. The first-order chi connectivity index (χ1) is 15.6. The largest absolute Gasteiger partial charge is 0.336 e. The van der Waals surface area contributed by atoms with Crippen LogP contribution in [-0.4, -0.2) is 29.8 Å². The maximum absolute atomic E-state index is 14.6. The maximum Gasteiger partial charge on any atom is 0.282 e. The number of fused-ring (bicyclic) bond motifs is 5. The van der Waals surface area contributed by atoms with Crippen LogP contribution in [0.25, 0.3) is 0 Å². The van der Waals surface area contributed by atoms with Gasteiger partial charge in [0.2, 0.25) is 5.91 Å². The Morgan fingerprint density at radius 3 is 2.61 bits per heavy atom. The number of carbonyl (C=O) groups is 2. The molecule has 4 nitrogen and oxygen atoms in total. The van der Waals surface area contributed by atoms with Gasteiger partial charge in [-0.3, -0.25) is 9.59 Å². The summed E-state index contributed by atoms with van der Waals surface area (Å²) in [6.45, 7) is 4.33. The van der Waals surface area contributed by atoms with E-state index in [1.54, 1.807) is 24.1 Å². The molecule has 0 radical (unpaired) electrons. The SMILES string of the molecule is CN1C(=O)C(F)=C[C@]2(C)C3CC[C@]4(C)[C@@H](C(=O)Nc5ccc(Cl)cc5F)CC[C@H]4C3CC[C@@H]12. The van der Waals surface area contributed by atoms with Crippen molar-refractivity contribution in [3.8, 4) is 0 Å². The fourth-order valence-electron chi connectivity index (χ4n) is 8.07. The molecular formula is C26H31ClF2N2O2. The van der Waals surface area contributed by atoms with E-state index in [2.05, 4.69) is 19.2 Å². The van der Waals surface area contributed by atoms with E-state index in [4.69, 9.17) is 11.6 Å². The highest BCUT2D eigenvalue weighted by molar-refractivity contribution is 6.30. The Balaban J connectivity index is 1.39. The van der Waals surface area contributed by atoms with Crippen LogP contribution < -0.4 is 5.32 Å². The molecule has 33 heavy (non-hydrogen) atoms. The Bertz CT molecular complexity index is 1050. The second-order valence-electron chi connectivity index (χ2n) is 11.0. The van der Waals surface area contributed by atoms with Crippen LogP contribution in [0.3, 0.4) is 0 Å². The summed E-state index contributed by atoms with van der Waals surface area (Å²) in [7, 11) is 1.72. The summed E-state index contributed by atoms with van der Waals surface area (Å²) in [5, 5.41) is 3.10. The number of nitrogens with one attached hydrogen (secondary N) is 1. The van der Waals surface area contributed by atoms with Crippen LogP contribution in [-0.2, 0) is 9.59 Å². The molecule has 1 heterocycles. The Labute approximate surface area is 198 Å². The van der Waals surface area contributed by atoms with Gasteiger partial charge in [-0.15, -0.1) is 0 Å². The number of likely N-dealkylation sites (N-methyl/N-ethyl adjacent to an activating group) is 1. The van der Waals surface area contributed by atoms with Crippen LogP contribution in [0.15, 0.2) is 30.1 Å². The first-order valence-electron chi connectivity index (χ1n) is 12.0. The summed E-state index contributed by atoms with van der Waals surface area (Å²) in [5.74, 6) is -0.968. The van der Waals surface area contributed by atoms with Gasteiger partial charge < -0.3 is 10.2 Å². The van der Waals surface area contributed by atoms with Crippen molar-refractivity contribution in [1.82, 2.24) is 4.90 Å². The number of anilines is 1. The van der Waals surface area contributed by atoms with Gasteiger partial charge >= 0.3 is 0 Å². The lowest BCUT2D eigenvalue weighted by Crippen LogP contribution is -2.60. The van der Waals surface area contributed by atoms with Gasteiger partial charge in [0.1, 0.15) is 5.82 Å². The van der Waals surface area contributed by atoms with E-state index in [0.717, 1.165) is 38.5 Å². The van der Waals surface area contributed by atoms with Gasteiger partial charge in [0, 0.05) is 29.4 Å². The van der Waals surface area contributed by atoms with Gasteiger partial charge in [0.15, 0.2) is 5.83 Å². The minimum atomic E-state index is -0.640. The molecule has 0 saturated heterocycles. The molecule has 3 aliphatic carbocycles. The number of hydrogen-bond acceptors (Lipinski definition) is 2. The summed E-state index contributed by atoms with van der Waals surface area (Å²) in [6, 6.07) is 4.30. The molecule has 1 aliphatic heterocycles.